The molecule has 12 heavy (non-hydrogen) atoms. The van der Waals surface area contributed by atoms with E-state index >= 15 is 0 Å². The molecule has 1 aliphatic heterocycles. The van der Waals surface area contributed by atoms with E-state index in [4.69, 9.17) is 4.74 Å². The second-order valence-corrected chi connectivity index (χ2v) is 5.66. The van der Waals surface area contributed by atoms with Crippen LogP contribution in [0.2, 0.25) is 0 Å². The van der Waals surface area contributed by atoms with Gasteiger partial charge in [-0.1, -0.05) is 36.4 Å². The fraction of sp³-hybridized carbons (Fsp3) is 0.889. The number of carbonyl (C=O) groups excluding carboxylic acids is 1. The number of carbonyl (C=O) groups is 1. The Labute approximate surface area is 87.2 Å². The fourth-order valence-electron chi connectivity index (χ4n) is 1.70. The third kappa shape index (κ3) is 2.12. The normalized spacial score (nSPS) is 39.0. The van der Waals surface area contributed by atoms with Crippen LogP contribution in [0.4, 0.5) is 0 Å². The summed E-state index contributed by atoms with van der Waals surface area (Å²) in [6, 6.07) is 0. The van der Waals surface area contributed by atoms with E-state index in [9.17, 15) is 4.79 Å². The zero-order chi connectivity index (χ0) is 9.30. The number of hydrogen-bond acceptors (Lipinski definition) is 2. The Kier molecular flexibility index (Phi) is 3.37. The number of ether oxygens (including phenoxy) is 1. The largest absolute Gasteiger partial charge is 0.461 e. The van der Waals surface area contributed by atoms with Gasteiger partial charge in [-0.25, -0.2) is 0 Å². The highest BCUT2D eigenvalue weighted by molar-refractivity contribution is 14.1. The Bertz CT molecular complexity index is 179. The molecule has 3 heteroatoms. The summed E-state index contributed by atoms with van der Waals surface area (Å²) in [7, 11) is 0. The van der Waals surface area contributed by atoms with Gasteiger partial charge in [0, 0.05) is 3.92 Å². The van der Waals surface area contributed by atoms with E-state index in [1.807, 2.05) is 6.92 Å². The van der Waals surface area contributed by atoms with Crippen LogP contribution in [-0.2, 0) is 9.53 Å². The van der Waals surface area contributed by atoms with Gasteiger partial charge < -0.3 is 4.74 Å². The van der Waals surface area contributed by atoms with Crippen molar-refractivity contribution in [1.82, 2.24) is 0 Å². The lowest BCUT2D eigenvalue weighted by Crippen LogP contribution is -2.40. The van der Waals surface area contributed by atoms with E-state index in [0.717, 1.165) is 6.42 Å². The van der Waals surface area contributed by atoms with Crippen LogP contribution in [0.15, 0.2) is 0 Å². The molecule has 0 N–H and O–H groups in total. The van der Waals surface area contributed by atoms with Crippen LogP contribution >= 0.6 is 22.6 Å². The molecule has 0 aromatic carbocycles. The van der Waals surface area contributed by atoms with Crippen LogP contribution in [0.1, 0.15) is 27.2 Å². The van der Waals surface area contributed by atoms with Gasteiger partial charge >= 0.3 is 5.97 Å². The van der Waals surface area contributed by atoms with Gasteiger partial charge in [-0.05, 0) is 19.3 Å². The third-order valence-electron chi connectivity index (χ3n) is 2.39. The van der Waals surface area contributed by atoms with Crippen molar-refractivity contribution in [3.63, 3.8) is 0 Å². The summed E-state index contributed by atoms with van der Waals surface area (Å²) >= 11 is 2.32. The summed E-state index contributed by atoms with van der Waals surface area (Å²) in [5.41, 5.74) is 0. The quantitative estimate of drug-likeness (QED) is 0.419. The van der Waals surface area contributed by atoms with Gasteiger partial charge in [0.15, 0.2) is 0 Å². The smallest absolute Gasteiger partial charge is 0.308 e. The summed E-state index contributed by atoms with van der Waals surface area (Å²) in [6.45, 7) is 6.18. The standard InChI is InChI=1S/C9H15IO2/c1-5-4-6(2)9(11)12-8(5)7(3)10/h5-8H,4H2,1-3H3/t5-,6+,7-,8-/m0/s1. The topological polar surface area (TPSA) is 26.3 Å². The molecule has 0 radical (unpaired) electrons. The van der Waals surface area contributed by atoms with Crippen LogP contribution < -0.4 is 0 Å². The molecule has 0 amide bonds. The minimum absolute atomic E-state index is 0.0263. The van der Waals surface area contributed by atoms with E-state index in [-0.39, 0.29) is 18.0 Å². The van der Waals surface area contributed by atoms with Gasteiger partial charge in [0.25, 0.3) is 0 Å². The molecular weight excluding hydrogens is 267 g/mol. The van der Waals surface area contributed by atoms with Gasteiger partial charge in [0.05, 0.1) is 5.92 Å². The van der Waals surface area contributed by atoms with Gasteiger partial charge in [-0.3, -0.25) is 4.79 Å². The van der Waals surface area contributed by atoms with Gasteiger partial charge in [-0.2, -0.15) is 0 Å². The van der Waals surface area contributed by atoms with Crippen LogP contribution in [0.25, 0.3) is 0 Å². The maximum Gasteiger partial charge on any atom is 0.308 e. The molecule has 2 nitrogen and oxygen atoms in total. The molecule has 0 bridgehead atoms. The molecule has 0 spiro atoms. The Hall–Kier alpha value is 0.200. The molecular formula is C9H15IO2. The maximum atomic E-state index is 11.2. The highest BCUT2D eigenvalue weighted by Gasteiger charge is 2.34. The Morgan fingerprint density at radius 2 is 2.17 bits per heavy atom. The first-order valence-corrected chi connectivity index (χ1v) is 5.61. The molecule has 4 atom stereocenters. The molecule has 0 aromatic heterocycles. The highest BCUT2D eigenvalue weighted by Crippen LogP contribution is 2.29. The molecule has 70 valence electrons. The lowest BCUT2D eigenvalue weighted by molar-refractivity contribution is -0.163. The summed E-state index contributed by atoms with van der Waals surface area (Å²) < 4.78 is 5.74. The minimum Gasteiger partial charge on any atom is -0.461 e. The summed E-state index contributed by atoms with van der Waals surface area (Å²) in [4.78, 5) is 11.2. The lowest BCUT2D eigenvalue weighted by atomic mass is 9.89. The zero-order valence-electron chi connectivity index (χ0n) is 7.71. The van der Waals surface area contributed by atoms with E-state index in [2.05, 4.69) is 36.4 Å². The zero-order valence-corrected chi connectivity index (χ0v) is 9.87. The molecule has 0 unspecified atom stereocenters. The van der Waals surface area contributed by atoms with E-state index < -0.39 is 0 Å². The van der Waals surface area contributed by atoms with Gasteiger partial charge in [0.1, 0.15) is 6.10 Å². The first-order chi connectivity index (χ1) is 5.52. The Morgan fingerprint density at radius 1 is 1.58 bits per heavy atom. The number of esters is 1. The maximum absolute atomic E-state index is 11.2. The Morgan fingerprint density at radius 3 is 2.67 bits per heavy atom. The van der Waals surface area contributed by atoms with Gasteiger partial charge in [0.2, 0.25) is 0 Å². The van der Waals surface area contributed by atoms with E-state index in [1.54, 1.807) is 0 Å². The van der Waals surface area contributed by atoms with Crippen LogP contribution in [0, 0.1) is 11.8 Å². The van der Waals surface area contributed by atoms with Crippen molar-refractivity contribution in [2.45, 2.75) is 37.2 Å². The molecule has 0 aromatic rings. The van der Waals surface area contributed by atoms with Crippen molar-refractivity contribution in [3.8, 4) is 0 Å². The van der Waals surface area contributed by atoms with Crippen LogP contribution in [0.5, 0.6) is 0 Å². The summed E-state index contributed by atoms with van der Waals surface area (Å²) in [5.74, 6) is 0.567. The number of alkyl halides is 1. The molecule has 1 aliphatic rings. The molecule has 1 fully saturated rings. The van der Waals surface area contributed by atoms with Crippen LogP contribution in [0.3, 0.4) is 0 Å². The third-order valence-corrected chi connectivity index (χ3v) is 3.10. The second kappa shape index (κ2) is 3.94. The van der Waals surface area contributed by atoms with Crippen molar-refractivity contribution in [2.24, 2.45) is 11.8 Å². The fourth-order valence-corrected chi connectivity index (χ4v) is 2.56. The number of rotatable bonds is 1. The SMILES string of the molecule is C[C@@H]1C[C@H](C)[C@@H]([C@H](C)I)OC1=O. The molecule has 0 aliphatic carbocycles. The summed E-state index contributed by atoms with van der Waals surface area (Å²) in [5, 5.41) is 0. The predicted molar refractivity (Wildman–Crippen MR) is 56.3 cm³/mol. The molecule has 0 saturated carbocycles. The average Bonchev–Trinajstić information content (AvgIpc) is 1.96. The van der Waals surface area contributed by atoms with Crippen LogP contribution in [-0.4, -0.2) is 16.0 Å². The number of halogens is 1. The van der Waals surface area contributed by atoms with Crippen molar-refractivity contribution >= 4 is 28.6 Å². The average molecular weight is 282 g/mol. The predicted octanol–water partition coefficient (Wildman–Crippen LogP) is 2.40. The second-order valence-electron chi connectivity index (χ2n) is 3.69. The van der Waals surface area contributed by atoms with Gasteiger partial charge in [-0.15, -0.1) is 0 Å². The Balaban J connectivity index is 2.61. The molecule has 1 rings (SSSR count). The van der Waals surface area contributed by atoms with Crippen molar-refractivity contribution in [2.75, 3.05) is 0 Å². The first kappa shape index (κ1) is 10.3. The molecule has 1 saturated heterocycles. The summed E-state index contributed by atoms with van der Waals surface area (Å²) in [6.07, 6.45) is 1.09. The molecule has 1 heterocycles. The van der Waals surface area contributed by atoms with Crippen molar-refractivity contribution in [3.05, 3.63) is 0 Å². The highest BCUT2D eigenvalue weighted by atomic mass is 127. The van der Waals surface area contributed by atoms with Crippen molar-refractivity contribution < 1.29 is 9.53 Å². The van der Waals surface area contributed by atoms with E-state index in [1.165, 1.54) is 0 Å². The minimum atomic E-state index is -0.0263. The van der Waals surface area contributed by atoms with Crippen molar-refractivity contribution in [1.29, 1.82) is 0 Å². The lowest BCUT2D eigenvalue weighted by Gasteiger charge is -2.33. The first-order valence-electron chi connectivity index (χ1n) is 4.37. The van der Waals surface area contributed by atoms with E-state index in [0.29, 0.717) is 9.84 Å². The number of cyclic esters (lactones) is 1. The monoisotopic (exact) mass is 282 g/mol. The number of hydrogen-bond donors (Lipinski definition) is 0.